The van der Waals surface area contributed by atoms with Crippen molar-refractivity contribution in [3.05, 3.63) is 52.4 Å². The second kappa shape index (κ2) is 8.60. The Hall–Kier alpha value is -2.44. The van der Waals surface area contributed by atoms with Crippen molar-refractivity contribution in [2.75, 3.05) is 13.1 Å². The molecular weight excluding hydrogens is 326 g/mol. The first-order valence-corrected chi connectivity index (χ1v) is 8.34. The Morgan fingerprint density at radius 3 is 2.64 bits per heavy atom. The highest BCUT2D eigenvalue weighted by Crippen LogP contribution is 2.16. The van der Waals surface area contributed by atoms with Crippen molar-refractivity contribution in [2.24, 2.45) is 4.99 Å². The van der Waals surface area contributed by atoms with Gasteiger partial charge in [0.1, 0.15) is 5.76 Å². The molecule has 0 fully saturated rings. The number of nitrogens with zero attached hydrogens (tertiary/aromatic N) is 2. The number of aryl methyl sites for hydroxylation is 2. The van der Waals surface area contributed by atoms with Crippen LogP contribution in [-0.2, 0) is 6.42 Å². The standard InChI is InChI=1S/C18H24F2N4O/c1-5-21-18(22-9-8-15-12(3)24-25-13(15)4)23-11(2)14-6-7-16(19)17(20)10-14/h6-7,10-11H,5,8-9H2,1-4H3,(H2,21,22,23). The Bertz CT molecular complexity index is 723. The first-order chi connectivity index (χ1) is 11.9. The molecule has 25 heavy (non-hydrogen) atoms. The van der Waals surface area contributed by atoms with Crippen LogP contribution < -0.4 is 10.6 Å². The fourth-order valence-corrected chi connectivity index (χ4v) is 2.53. The van der Waals surface area contributed by atoms with E-state index in [4.69, 9.17) is 4.52 Å². The molecule has 2 rings (SSSR count). The highest BCUT2D eigenvalue weighted by molar-refractivity contribution is 5.80. The molecule has 0 saturated carbocycles. The van der Waals surface area contributed by atoms with Gasteiger partial charge in [0.2, 0.25) is 0 Å². The van der Waals surface area contributed by atoms with Crippen molar-refractivity contribution in [2.45, 2.75) is 40.2 Å². The molecule has 0 spiro atoms. The van der Waals surface area contributed by atoms with Crippen LogP contribution in [0.5, 0.6) is 0 Å². The van der Waals surface area contributed by atoms with E-state index in [0.717, 1.165) is 29.5 Å². The highest BCUT2D eigenvalue weighted by Gasteiger charge is 2.12. The summed E-state index contributed by atoms with van der Waals surface area (Å²) in [6.07, 6.45) is 0.720. The van der Waals surface area contributed by atoms with Crippen LogP contribution in [0, 0.1) is 25.5 Å². The van der Waals surface area contributed by atoms with Gasteiger partial charge in [-0.25, -0.2) is 8.78 Å². The van der Waals surface area contributed by atoms with E-state index in [1.165, 1.54) is 6.07 Å². The van der Waals surface area contributed by atoms with Crippen LogP contribution in [0.25, 0.3) is 0 Å². The molecule has 2 aromatic rings. The maximum atomic E-state index is 13.4. The third-order valence-electron chi connectivity index (χ3n) is 3.95. The van der Waals surface area contributed by atoms with Gasteiger partial charge in [-0.05, 0) is 51.8 Å². The van der Waals surface area contributed by atoms with Crippen molar-refractivity contribution in [3.63, 3.8) is 0 Å². The molecule has 0 radical (unpaired) electrons. The van der Waals surface area contributed by atoms with Gasteiger partial charge in [0.05, 0.1) is 11.7 Å². The first kappa shape index (κ1) is 18.9. The predicted molar refractivity (Wildman–Crippen MR) is 93.6 cm³/mol. The fraction of sp³-hybridized carbons (Fsp3) is 0.444. The minimum atomic E-state index is -0.855. The SMILES string of the molecule is CCNC(=NCCc1c(C)noc1C)NC(C)c1ccc(F)c(F)c1. The lowest BCUT2D eigenvalue weighted by atomic mass is 10.1. The number of benzene rings is 1. The van der Waals surface area contributed by atoms with Crippen molar-refractivity contribution in [1.82, 2.24) is 15.8 Å². The number of nitrogens with one attached hydrogen (secondary N) is 2. The van der Waals surface area contributed by atoms with Gasteiger partial charge in [-0.15, -0.1) is 0 Å². The van der Waals surface area contributed by atoms with Crippen LogP contribution in [0.15, 0.2) is 27.7 Å². The number of hydrogen-bond acceptors (Lipinski definition) is 3. The number of rotatable bonds is 6. The lowest BCUT2D eigenvalue weighted by Gasteiger charge is -2.18. The van der Waals surface area contributed by atoms with E-state index in [-0.39, 0.29) is 6.04 Å². The monoisotopic (exact) mass is 350 g/mol. The molecule has 0 aliphatic heterocycles. The van der Waals surface area contributed by atoms with Gasteiger partial charge in [0, 0.05) is 18.7 Å². The molecule has 1 heterocycles. The van der Waals surface area contributed by atoms with Gasteiger partial charge in [-0.1, -0.05) is 11.2 Å². The Balaban J connectivity index is 2.02. The Morgan fingerprint density at radius 2 is 2.04 bits per heavy atom. The summed E-state index contributed by atoms with van der Waals surface area (Å²) < 4.78 is 31.6. The molecule has 1 unspecified atom stereocenters. The fourth-order valence-electron chi connectivity index (χ4n) is 2.53. The number of halogens is 2. The maximum Gasteiger partial charge on any atom is 0.191 e. The molecule has 136 valence electrons. The molecule has 0 aliphatic carbocycles. The van der Waals surface area contributed by atoms with Gasteiger partial charge in [0.15, 0.2) is 17.6 Å². The number of guanidine groups is 1. The second-order valence-electron chi connectivity index (χ2n) is 5.85. The van der Waals surface area contributed by atoms with Crippen LogP contribution in [-0.4, -0.2) is 24.2 Å². The summed E-state index contributed by atoms with van der Waals surface area (Å²) in [5.74, 6) is -0.283. The lowest BCUT2D eigenvalue weighted by molar-refractivity contribution is 0.392. The van der Waals surface area contributed by atoms with Crippen LogP contribution in [0.1, 0.15) is 42.5 Å². The summed E-state index contributed by atoms with van der Waals surface area (Å²) in [4.78, 5) is 4.53. The van der Waals surface area contributed by atoms with Crippen LogP contribution in [0.4, 0.5) is 8.78 Å². The summed E-state index contributed by atoms with van der Waals surface area (Å²) in [7, 11) is 0. The van der Waals surface area contributed by atoms with E-state index in [2.05, 4.69) is 20.8 Å². The maximum absolute atomic E-state index is 13.4. The zero-order valence-electron chi connectivity index (χ0n) is 15.0. The molecule has 0 bridgehead atoms. The quantitative estimate of drug-likeness (QED) is 0.619. The number of aliphatic imine (C=N–C) groups is 1. The first-order valence-electron chi connectivity index (χ1n) is 8.34. The lowest BCUT2D eigenvalue weighted by Crippen LogP contribution is -2.39. The Kier molecular flexibility index (Phi) is 6.50. The minimum Gasteiger partial charge on any atom is -0.361 e. The minimum absolute atomic E-state index is 0.216. The summed E-state index contributed by atoms with van der Waals surface area (Å²) in [5, 5.41) is 10.3. The van der Waals surface area contributed by atoms with Crippen LogP contribution >= 0.6 is 0 Å². The predicted octanol–water partition coefficient (Wildman–Crippen LogP) is 3.43. The smallest absolute Gasteiger partial charge is 0.191 e. The summed E-state index contributed by atoms with van der Waals surface area (Å²) in [6, 6.07) is 3.67. The Morgan fingerprint density at radius 1 is 1.28 bits per heavy atom. The van der Waals surface area contributed by atoms with Gasteiger partial charge in [-0.2, -0.15) is 0 Å². The Labute approximate surface area is 146 Å². The molecule has 2 N–H and O–H groups in total. The van der Waals surface area contributed by atoms with Crippen molar-refractivity contribution >= 4 is 5.96 Å². The number of aromatic nitrogens is 1. The van der Waals surface area contributed by atoms with Gasteiger partial charge < -0.3 is 15.2 Å². The van der Waals surface area contributed by atoms with Crippen LogP contribution in [0.3, 0.4) is 0 Å². The molecule has 1 aromatic heterocycles. The van der Waals surface area contributed by atoms with Crippen molar-refractivity contribution < 1.29 is 13.3 Å². The van der Waals surface area contributed by atoms with E-state index in [9.17, 15) is 8.78 Å². The molecule has 0 saturated heterocycles. The van der Waals surface area contributed by atoms with E-state index in [1.54, 1.807) is 6.07 Å². The van der Waals surface area contributed by atoms with Gasteiger partial charge >= 0.3 is 0 Å². The van der Waals surface area contributed by atoms with E-state index < -0.39 is 11.6 Å². The molecule has 1 atom stereocenters. The van der Waals surface area contributed by atoms with E-state index in [1.807, 2.05) is 27.7 Å². The van der Waals surface area contributed by atoms with Crippen molar-refractivity contribution in [1.29, 1.82) is 0 Å². The largest absolute Gasteiger partial charge is 0.361 e. The molecule has 0 amide bonds. The van der Waals surface area contributed by atoms with E-state index >= 15 is 0 Å². The average molecular weight is 350 g/mol. The highest BCUT2D eigenvalue weighted by atomic mass is 19.2. The zero-order valence-corrected chi connectivity index (χ0v) is 15.0. The molecule has 0 aliphatic rings. The third-order valence-corrected chi connectivity index (χ3v) is 3.95. The topological polar surface area (TPSA) is 62.5 Å². The van der Waals surface area contributed by atoms with Gasteiger partial charge in [0.25, 0.3) is 0 Å². The third kappa shape index (κ3) is 5.01. The van der Waals surface area contributed by atoms with Gasteiger partial charge in [-0.3, -0.25) is 4.99 Å². The second-order valence-corrected chi connectivity index (χ2v) is 5.85. The zero-order chi connectivity index (χ0) is 18.4. The van der Waals surface area contributed by atoms with Crippen molar-refractivity contribution in [3.8, 4) is 0 Å². The summed E-state index contributed by atoms with van der Waals surface area (Å²) in [5.41, 5.74) is 2.59. The summed E-state index contributed by atoms with van der Waals surface area (Å²) in [6.45, 7) is 8.88. The molecule has 5 nitrogen and oxygen atoms in total. The normalized spacial score (nSPS) is 13.0. The van der Waals surface area contributed by atoms with E-state index in [0.29, 0.717) is 24.6 Å². The number of hydrogen-bond donors (Lipinski definition) is 2. The molecular formula is C18H24F2N4O. The van der Waals surface area contributed by atoms with Crippen LogP contribution in [0.2, 0.25) is 0 Å². The molecule has 7 heteroatoms. The summed E-state index contributed by atoms with van der Waals surface area (Å²) >= 11 is 0. The average Bonchev–Trinajstić information content (AvgIpc) is 2.89. The molecule has 1 aromatic carbocycles.